The van der Waals surface area contributed by atoms with Crippen molar-refractivity contribution in [1.82, 2.24) is 0 Å². The van der Waals surface area contributed by atoms with Crippen LogP contribution < -0.4 is 4.74 Å². The number of halogens is 3. The molecule has 0 aromatic heterocycles. The molecule has 0 aliphatic heterocycles. The Hall–Kier alpha value is -1.96. The molecule has 0 bridgehead atoms. The van der Waals surface area contributed by atoms with Gasteiger partial charge in [0.2, 0.25) is 0 Å². The van der Waals surface area contributed by atoms with Gasteiger partial charge in [0.15, 0.2) is 18.1 Å². The highest BCUT2D eigenvalue weighted by molar-refractivity contribution is 6.03. The Morgan fingerprint density at radius 1 is 1.25 bits per heavy atom. The summed E-state index contributed by atoms with van der Waals surface area (Å²) in [6.45, 7) is 0.618. The topological polar surface area (TPSA) is 82.3 Å². The van der Waals surface area contributed by atoms with Crippen LogP contribution in [0.2, 0.25) is 0 Å². The van der Waals surface area contributed by atoms with Gasteiger partial charge in [0.05, 0.1) is 11.8 Å². The summed E-state index contributed by atoms with van der Waals surface area (Å²) >= 11 is 0. The first-order chi connectivity index (χ1) is 13.1. The highest BCUT2D eigenvalue weighted by Crippen LogP contribution is 2.61. The van der Waals surface area contributed by atoms with E-state index in [0.29, 0.717) is 17.7 Å². The Kier molecular flexibility index (Phi) is 4.52. The first kappa shape index (κ1) is 19.4. The second kappa shape index (κ2) is 6.54. The molecule has 0 saturated heterocycles. The van der Waals surface area contributed by atoms with Crippen molar-refractivity contribution in [2.24, 2.45) is 22.4 Å². The van der Waals surface area contributed by atoms with Crippen LogP contribution in [0.5, 0.6) is 11.5 Å². The fourth-order valence-corrected chi connectivity index (χ4v) is 5.77. The molecule has 0 heterocycles. The van der Waals surface area contributed by atoms with Crippen molar-refractivity contribution in [3.8, 4) is 11.5 Å². The van der Waals surface area contributed by atoms with Crippen molar-refractivity contribution in [3.05, 3.63) is 23.3 Å². The van der Waals surface area contributed by atoms with Crippen LogP contribution in [0.15, 0.2) is 17.3 Å². The zero-order valence-electron chi connectivity index (χ0n) is 15.5. The van der Waals surface area contributed by atoms with Gasteiger partial charge in [0.25, 0.3) is 0 Å². The Balaban J connectivity index is 1.72. The molecule has 28 heavy (non-hydrogen) atoms. The number of aliphatic hydroxyl groups excluding tert-OH is 1. The summed E-state index contributed by atoms with van der Waals surface area (Å²) in [7, 11) is 0. The number of benzene rings is 1. The molecular weight excluding hydrogens is 375 g/mol. The molecule has 4 rings (SSSR count). The lowest BCUT2D eigenvalue weighted by molar-refractivity contribution is -0.153. The van der Waals surface area contributed by atoms with E-state index < -0.39 is 18.5 Å². The predicted molar refractivity (Wildman–Crippen MR) is 94.9 cm³/mol. The van der Waals surface area contributed by atoms with E-state index in [1.807, 2.05) is 0 Å². The predicted octanol–water partition coefficient (Wildman–Crippen LogP) is 4.19. The van der Waals surface area contributed by atoms with Crippen molar-refractivity contribution < 1.29 is 33.3 Å². The molecule has 8 heteroatoms. The van der Waals surface area contributed by atoms with Gasteiger partial charge in [0, 0.05) is 5.56 Å². The van der Waals surface area contributed by atoms with E-state index in [4.69, 9.17) is 4.74 Å². The third-order valence-corrected chi connectivity index (χ3v) is 7.17. The van der Waals surface area contributed by atoms with Crippen molar-refractivity contribution in [2.45, 2.75) is 57.2 Å². The van der Waals surface area contributed by atoms with Crippen LogP contribution in [0.3, 0.4) is 0 Å². The zero-order valence-corrected chi connectivity index (χ0v) is 15.5. The maximum Gasteiger partial charge on any atom is 0.422 e. The summed E-state index contributed by atoms with van der Waals surface area (Å²) in [5.74, 6) is -0.167. The molecule has 2 fully saturated rings. The third kappa shape index (κ3) is 3.02. The van der Waals surface area contributed by atoms with E-state index in [-0.39, 0.29) is 35.0 Å². The minimum atomic E-state index is -4.50. The molecule has 1 aromatic carbocycles. The first-order valence-corrected chi connectivity index (χ1v) is 9.60. The fourth-order valence-electron chi connectivity index (χ4n) is 5.77. The van der Waals surface area contributed by atoms with Crippen molar-refractivity contribution in [2.75, 3.05) is 6.61 Å². The van der Waals surface area contributed by atoms with Gasteiger partial charge in [-0.25, -0.2) is 0 Å². The number of hydrogen-bond donors (Lipinski definition) is 3. The summed E-state index contributed by atoms with van der Waals surface area (Å²) in [6, 6.07) is 2.80. The Bertz CT molecular complexity index is 809. The van der Waals surface area contributed by atoms with E-state index in [2.05, 4.69) is 12.1 Å². The van der Waals surface area contributed by atoms with Crippen LogP contribution in [0.25, 0.3) is 0 Å². The normalized spacial score (nSPS) is 36.0. The quantitative estimate of drug-likeness (QED) is 0.515. The van der Waals surface area contributed by atoms with Crippen LogP contribution in [-0.4, -0.2) is 40.0 Å². The van der Waals surface area contributed by atoms with Gasteiger partial charge >= 0.3 is 6.18 Å². The number of nitrogens with zero attached hydrogens (tertiary/aromatic N) is 1. The highest BCUT2D eigenvalue weighted by Gasteiger charge is 2.55. The number of alkyl halides is 3. The summed E-state index contributed by atoms with van der Waals surface area (Å²) in [5, 5.41) is 33.6. The van der Waals surface area contributed by atoms with Gasteiger partial charge in [-0.05, 0) is 73.0 Å². The highest BCUT2D eigenvalue weighted by atomic mass is 19.4. The molecule has 3 unspecified atom stereocenters. The molecule has 3 aliphatic rings. The van der Waals surface area contributed by atoms with Gasteiger partial charge < -0.3 is 20.2 Å². The number of hydrogen-bond acceptors (Lipinski definition) is 5. The van der Waals surface area contributed by atoms with E-state index in [9.17, 15) is 28.6 Å². The maximum absolute atomic E-state index is 12.5. The summed E-state index contributed by atoms with van der Waals surface area (Å²) in [5.41, 5.74) is 1.54. The number of oxime groups is 1. The standard InChI is InChI=1S/C20H24F3NO4/c1-19-5-4-10-11-8-17(28-9-20(21,22)23)16(25)7-13(11)15(24-27)6-12(10)14(19)2-3-18(19)26/h7-8,10,12,14,18,25-27H,2-6,9H2,1H3/b24-15+/t10?,12?,14?,18-,19-/m0/s1. The molecule has 3 aliphatic carbocycles. The van der Waals surface area contributed by atoms with Crippen molar-refractivity contribution in [3.63, 3.8) is 0 Å². The molecule has 0 amide bonds. The molecule has 2 saturated carbocycles. The third-order valence-electron chi connectivity index (χ3n) is 7.17. The van der Waals surface area contributed by atoms with Crippen LogP contribution >= 0.6 is 0 Å². The lowest BCUT2D eigenvalue weighted by Gasteiger charge is -2.50. The lowest BCUT2D eigenvalue weighted by Crippen LogP contribution is -2.45. The second-order valence-electron chi connectivity index (χ2n) is 8.58. The van der Waals surface area contributed by atoms with Gasteiger partial charge in [-0.15, -0.1) is 0 Å². The monoisotopic (exact) mass is 399 g/mol. The van der Waals surface area contributed by atoms with Crippen molar-refractivity contribution in [1.29, 1.82) is 0 Å². The van der Waals surface area contributed by atoms with Crippen molar-refractivity contribution >= 4 is 5.71 Å². The number of phenolic OH excluding ortho intramolecular Hbond substituents is 1. The molecule has 5 nitrogen and oxygen atoms in total. The van der Waals surface area contributed by atoms with Crippen LogP contribution in [-0.2, 0) is 0 Å². The minimum Gasteiger partial charge on any atom is -0.504 e. The molecule has 1 aromatic rings. The molecule has 154 valence electrons. The summed E-state index contributed by atoms with van der Waals surface area (Å²) in [4.78, 5) is 0. The number of ether oxygens (including phenoxy) is 1. The number of aliphatic hydroxyl groups is 1. The average Bonchev–Trinajstić information content (AvgIpc) is 2.93. The minimum absolute atomic E-state index is 0.0673. The van der Waals surface area contributed by atoms with E-state index in [1.54, 1.807) is 0 Å². The molecule has 0 radical (unpaired) electrons. The van der Waals surface area contributed by atoms with Gasteiger partial charge in [-0.2, -0.15) is 13.2 Å². The maximum atomic E-state index is 12.5. The van der Waals surface area contributed by atoms with E-state index >= 15 is 0 Å². The summed E-state index contributed by atoms with van der Waals surface area (Å²) < 4.78 is 42.4. The SMILES string of the molecule is C[C@]12CCC3c4cc(OCC(F)(F)F)c(O)cc4/C(=N/O)CC3C1CC[C@@H]2O. The Morgan fingerprint density at radius 3 is 2.68 bits per heavy atom. The fraction of sp³-hybridized carbons (Fsp3) is 0.650. The van der Waals surface area contributed by atoms with Crippen LogP contribution in [0, 0.1) is 17.3 Å². The van der Waals surface area contributed by atoms with E-state index in [1.165, 1.54) is 12.1 Å². The number of aromatic hydroxyl groups is 1. The first-order valence-electron chi connectivity index (χ1n) is 9.60. The lowest BCUT2D eigenvalue weighted by atomic mass is 9.55. The smallest absolute Gasteiger partial charge is 0.422 e. The molecule has 3 N–H and O–H groups in total. The van der Waals surface area contributed by atoms with Crippen LogP contribution in [0.1, 0.15) is 56.1 Å². The summed E-state index contributed by atoms with van der Waals surface area (Å²) in [6.07, 6.45) is -1.13. The van der Waals surface area contributed by atoms with Gasteiger partial charge in [-0.1, -0.05) is 12.1 Å². The Labute approximate surface area is 160 Å². The molecule has 5 atom stereocenters. The second-order valence-corrected chi connectivity index (χ2v) is 8.58. The van der Waals surface area contributed by atoms with Gasteiger partial charge in [-0.3, -0.25) is 0 Å². The van der Waals surface area contributed by atoms with Gasteiger partial charge in [0.1, 0.15) is 0 Å². The zero-order chi connectivity index (χ0) is 20.3. The molecule has 0 spiro atoms. The average molecular weight is 399 g/mol. The van der Waals surface area contributed by atoms with E-state index in [0.717, 1.165) is 31.2 Å². The number of phenols is 1. The number of fused-ring (bicyclic) bond motifs is 5. The Morgan fingerprint density at radius 2 is 2.00 bits per heavy atom. The van der Waals surface area contributed by atoms with Crippen LogP contribution in [0.4, 0.5) is 13.2 Å². The molecular formula is C20H24F3NO4. The largest absolute Gasteiger partial charge is 0.504 e. The number of rotatable bonds is 2.